The number of hydrogen-bond donors (Lipinski definition) is 1. The van der Waals surface area contributed by atoms with E-state index < -0.39 is 5.54 Å². The number of hydrogen-bond acceptors (Lipinski definition) is 4. The van der Waals surface area contributed by atoms with E-state index in [4.69, 9.17) is 9.47 Å². The molecule has 2 aliphatic rings. The largest absolute Gasteiger partial charge is 0.497 e. The number of carbonyl (C=O) groups excluding carboxylic acids is 2. The van der Waals surface area contributed by atoms with Crippen molar-refractivity contribution in [1.29, 1.82) is 0 Å². The van der Waals surface area contributed by atoms with Crippen LogP contribution in [0.2, 0.25) is 0 Å². The minimum Gasteiger partial charge on any atom is -0.497 e. The van der Waals surface area contributed by atoms with Crippen LogP contribution < -0.4 is 14.8 Å². The fourth-order valence-electron chi connectivity index (χ4n) is 4.90. The van der Waals surface area contributed by atoms with E-state index in [1.807, 2.05) is 67.3 Å². The van der Waals surface area contributed by atoms with Crippen LogP contribution in [0.3, 0.4) is 0 Å². The number of nitrogens with zero attached hydrogens (tertiary/aromatic N) is 1. The normalized spacial score (nSPS) is 19.9. The van der Waals surface area contributed by atoms with Crippen LogP contribution in [0.25, 0.3) is 0 Å². The molecule has 32 heavy (non-hydrogen) atoms. The summed E-state index contributed by atoms with van der Waals surface area (Å²) in [5.74, 6) is 1.49. The van der Waals surface area contributed by atoms with E-state index in [0.29, 0.717) is 24.9 Å². The molecule has 0 radical (unpaired) electrons. The monoisotopic (exact) mass is 436 g/mol. The maximum Gasteiger partial charge on any atom is 0.250 e. The van der Waals surface area contributed by atoms with Gasteiger partial charge in [-0.1, -0.05) is 31.4 Å². The third-order valence-corrected chi connectivity index (χ3v) is 6.50. The van der Waals surface area contributed by atoms with Crippen molar-refractivity contribution in [2.75, 3.05) is 12.4 Å². The second kappa shape index (κ2) is 9.23. The number of likely N-dealkylation sites (tertiary alicyclic amines) is 1. The first-order chi connectivity index (χ1) is 15.4. The second-order valence-electron chi connectivity index (χ2n) is 8.99. The number of ether oxygens (including phenoxy) is 2. The first-order valence-electron chi connectivity index (χ1n) is 11.5. The molecule has 2 fully saturated rings. The van der Waals surface area contributed by atoms with Crippen molar-refractivity contribution >= 4 is 17.5 Å². The third-order valence-electron chi connectivity index (χ3n) is 6.50. The van der Waals surface area contributed by atoms with E-state index in [0.717, 1.165) is 36.3 Å². The molecule has 0 spiro atoms. The summed E-state index contributed by atoms with van der Waals surface area (Å²) >= 11 is 0. The first kappa shape index (κ1) is 22.2. The zero-order valence-electron chi connectivity index (χ0n) is 19.1. The van der Waals surface area contributed by atoms with Crippen molar-refractivity contribution in [1.82, 2.24) is 4.90 Å². The topological polar surface area (TPSA) is 67.9 Å². The molecule has 1 unspecified atom stereocenters. The lowest BCUT2D eigenvalue weighted by molar-refractivity contribution is -0.166. The summed E-state index contributed by atoms with van der Waals surface area (Å²) in [6.07, 6.45) is 4.88. The third kappa shape index (κ3) is 4.31. The average molecular weight is 437 g/mol. The molecular weight excluding hydrogens is 404 g/mol. The lowest BCUT2D eigenvalue weighted by Crippen LogP contribution is -2.65. The van der Waals surface area contributed by atoms with Crippen LogP contribution in [-0.2, 0) is 9.59 Å². The quantitative estimate of drug-likeness (QED) is 0.614. The maximum absolute atomic E-state index is 13.6. The molecule has 1 atom stereocenters. The molecule has 1 saturated carbocycles. The summed E-state index contributed by atoms with van der Waals surface area (Å²) in [4.78, 5) is 28.3. The standard InChI is InChI=1S/C26H32N2O4/c1-18(2)32-22-11-7-19(8-12-22)23-17-24(29)28(23)26(15-5-4-6-16-26)25(30)27-20-9-13-21(31-3)14-10-20/h7-14,18,23H,4-6,15-17H2,1-3H3,(H,27,30). The number of amides is 2. The molecule has 2 aromatic rings. The Bertz CT molecular complexity index is 947. The second-order valence-corrected chi connectivity index (χ2v) is 8.99. The minimum atomic E-state index is -0.814. The van der Waals surface area contributed by atoms with Crippen molar-refractivity contribution in [2.45, 2.75) is 70.1 Å². The smallest absolute Gasteiger partial charge is 0.250 e. The zero-order valence-corrected chi connectivity index (χ0v) is 19.1. The number of rotatable bonds is 7. The Morgan fingerprint density at radius 3 is 2.19 bits per heavy atom. The Kier molecular flexibility index (Phi) is 6.40. The Balaban J connectivity index is 1.58. The molecule has 2 amide bonds. The van der Waals surface area contributed by atoms with Crippen LogP contribution >= 0.6 is 0 Å². The highest BCUT2D eigenvalue weighted by Crippen LogP contribution is 2.47. The van der Waals surface area contributed by atoms with E-state index in [1.165, 1.54) is 0 Å². The molecule has 0 bridgehead atoms. The summed E-state index contributed by atoms with van der Waals surface area (Å²) in [5, 5.41) is 3.07. The van der Waals surface area contributed by atoms with Gasteiger partial charge in [0.15, 0.2) is 0 Å². The van der Waals surface area contributed by atoms with Gasteiger partial charge in [-0.3, -0.25) is 9.59 Å². The SMILES string of the molecule is COc1ccc(NC(=O)C2(N3C(=O)CC3c3ccc(OC(C)C)cc3)CCCCC2)cc1. The van der Waals surface area contributed by atoms with Crippen molar-refractivity contribution in [3.05, 3.63) is 54.1 Å². The van der Waals surface area contributed by atoms with Crippen LogP contribution in [0.5, 0.6) is 11.5 Å². The highest BCUT2D eigenvalue weighted by atomic mass is 16.5. The summed E-state index contributed by atoms with van der Waals surface area (Å²) in [6.45, 7) is 3.99. The van der Waals surface area contributed by atoms with Gasteiger partial charge in [-0.15, -0.1) is 0 Å². The van der Waals surface area contributed by atoms with Crippen molar-refractivity contribution in [3.8, 4) is 11.5 Å². The van der Waals surface area contributed by atoms with E-state index in [1.54, 1.807) is 7.11 Å². The van der Waals surface area contributed by atoms with E-state index in [-0.39, 0.29) is 24.0 Å². The zero-order chi connectivity index (χ0) is 22.7. The molecule has 1 aliphatic heterocycles. The van der Waals surface area contributed by atoms with E-state index >= 15 is 0 Å². The van der Waals surface area contributed by atoms with Gasteiger partial charge >= 0.3 is 0 Å². The molecule has 1 N–H and O–H groups in total. The Labute approximate surface area is 189 Å². The van der Waals surface area contributed by atoms with Gasteiger partial charge in [0.25, 0.3) is 0 Å². The maximum atomic E-state index is 13.6. The van der Waals surface area contributed by atoms with Crippen molar-refractivity contribution < 1.29 is 19.1 Å². The summed E-state index contributed by atoms with van der Waals surface area (Å²) < 4.78 is 11.0. The van der Waals surface area contributed by atoms with Crippen LogP contribution in [0.4, 0.5) is 5.69 Å². The predicted molar refractivity (Wildman–Crippen MR) is 124 cm³/mol. The lowest BCUT2D eigenvalue weighted by atomic mass is 9.75. The number of β-lactam (4-membered cyclic amide) rings is 1. The Morgan fingerprint density at radius 2 is 1.62 bits per heavy atom. The molecule has 2 aromatic carbocycles. The molecule has 1 heterocycles. The van der Waals surface area contributed by atoms with Gasteiger partial charge in [0.05, 0.1) is 25.7 Å². The highest BCUT2D eigenvalue weighted by molar-refractivity contribution is 6.02. The Morgan fingerprint density at radius 1 is 1.00 bits per heavy atom. The van der Waals surface area contributed by atoms with Gasteiger partial charge in [-0.25, -0.2) is 0 Å². The number of carbonyl (C=O) groups is 2. The van der Waals surface area contributed by atoms with Gasteiger partial charge in [0.1, 0.15) is 17.0 Å². The fraction of sp³-hybridized carbons (Fsp3) is 0.462. The molecule has 1 saturated heterocycles. The van der Waals surface area contributed by atoms with Gasteiger partial charge in [0, 0.05) is 5.69 Å². The first-order valence-corrected chi connectivity index (χ1v) is 11.5. The van der Waals surface area contributed by atoms with Crippen LogP contribution in [0.15, 0.2) is 48.5 Å². The number of anilines is 1. The molecule has 6 heteroatoms. The molecule has 1 aliphatic carbocycles. The van der Waals surface area contributed by atoms with Gasteiger partial charge < -0.3 is 19.7 Å². The van der Waals surface area contributed by atoms with E-state index in [2.05, 4.69) is 5.32 Å². The Hall–Kier alpha value is -3.02. The summed E-state index contributed by atoms with van der Waals surface area (Å²) in [7, 11) is 1.61. The number of benzene rings is 2. The minimum absolute atomic E-state index is 0.0456. The number of nitrogens with one attached hydrogen (secondary N) is 1. The van der Waals surface area contributed by atoms with Crippen molar-refractivity contribution in [3.63, 3.8) is 0 Å². The van der Waals surface area contributed by atoms with Crippen molar-refractivity contribution in [2.24, 2.45) is 0 Å². The molecule has 0 aromatic heterocycles. The fourth-order valence-corrected chi connectivity index (χ4v) is 4.90. The van der Waals surface area contributed by atoms with Gasteiger partial charge in [-0.05, 0) is 68.7 Å². The average Bonchev–Trinajstić information content (AvgIpc) is 2.79. The summed E-state index contributed by atoms with van der Waals surface area (Å²) in [6, 6.07) is 15.1. The molecule has 170 valence electrons. The van der Waals surface area contributed by atoms with Crippen LogP contribution in [-0.4, -0.2) is 35.5 Å². The predicted octanol–water partition coefficient (Wildman–Crippen LogP) is 5.10. The molecule has 4 rings (SSSR count). The van der Waals surface area contributed by atoms with Crippen LogP contribution in [0, 0.1) is 0 Å². The summed E-state index contributed by atoms with van der Waals surface area (Å²) in [5.41, 5.74) is 0.939. The molecular formula is C26H32N2O4. The lowest BCUT2D eigenvalue weighted by Gasteiger charge is -2.54. The highest BCUT2D eigenvalue weighted by Gasteiger charge is 2.54. The van der Waals surface area contributed by atoms with E-state index in [9.17, 15) is 9.59 Å². The van der Waals surface area contributed by atoms with Gasteiger partial charge in [-0.2, -0.15) is 0 Å². The molecule has 6 nitrogen and oxygen atoms in total. The number of methoxy groups -OCH3 is 1. The van der Waals surface area contributed by atoms with Gasteiger partial charge in [0.2, 0.25) is 11.8 Å². The van der Waals surface area contributed by atoms with Crippen LogP contribution in [0.1, 0.15) is 64.0 Å².